The topological polar surface area (TPSA) is 62.7 Å². The Morgan fingerprint density at radius 3 is 2.36 bits per heavy atom. The lowest BCUT2D eigenvalue weighted by Gasteiger charge is -2.16. The van der Waals surface area contributed by atoms with Gasteiger partial charge in [-0.3, -0.25) is 0 Å². The van der Waals surface area contributed by atoms with E-state index in [1.165, 1.54) is 0 Å². The smallest absolute Gasteiger partial charge is 0.142 e. The second kappa shape index (κ2) is 6.93. The van der Waals surface area contributed by atoms with E-state index in [4.69, 9.17) is 40.5 Å². The number of nitrogens with two attached hydrogens (primary N) is 1. The average Bonchev–Trinajstić information content (AvgIpc) is 2.60. The summed E-state index contributed by atoms with van der Waals surface area (Å²) in [6.07, 6.45) is 0. The Kier molecular flexibility index (Phi) is 4.87. The zero-order chi connectivity index (χ0) is 18.1. The summed E-state index contributed by atoms with van der Waals surface area (Å²) in [5.41, 5.74) is 9.91. The van der Waals surface area contributed by atoms with Gasteiger partial charge in [0.2, 0.25) is 0 Å². The van der Waals surface area contributed by atoms with Crippen LogP contribution in [0.25, 0.3) is 22.4 Å². The Morgan fingerprint density at radius 1 is 1.04 bits per heavy atom. The standard InChI is InChI=1S/C19H12Cl3N3/c1-10-16(13-3-2-4-15(21)17(13)22)14(9-23)19(24)25-18(10)11-5-7-12(20)8-6-11/h2-8H,1H3,(H2,24,25). The first kappa shape index (κ1) is 17.6. The van der Waals surface area contributed by atoms with Crippen molar-refractivity contribution in [3.8, 4) is 28.5 Å². The van der Waals surface area contributed by atoms with E-state index in [9.17, 15) is 5.26 Å². The monoisotopic (exact) mass is 387 g/mol. The highest BCUT2D eigenvalue weighted by molar-refractivity contribution is 6.43. The quantitative estimate of drug-likeness (QED) is 0.573. The zero-order valence-electron chi connectivity index (χ0n) is 13.1. The van der Waals surface area contributed by atoms with Gasteiger partial charge >= 0.3 is 0 Å². The number of hydrogen-bond donors (Lipinski definition) is 1. The first-order valence-electron chi connectivity index (χ1n) is 7.34. The fourth-order valence-electron chi connectivity index (χ4n) is 2.73. The van der Waals surface area contributed by atoms with Crippen LogP contribution in [0.1, 0.15) is 11.1 Å². The number of benzene rings is 2. The molecule has 0 aliphatic rings. The maximum absolute atomic E-state index is 9.58. The number of nitrogen functional groups attached to an aromatic ring is 1. The van der Waals surface area contributed by atoms with E-state index in [1.807, 2.05) is 25.1 Å². The van der Waals surface area contributed by atoms with Crippen molar-refractivity contribution < 1.29 is 0 Å². The van der Waals surface area contributed by atoms with Crippen LogP contribution in [0.5, 0.6) is 0 Å². The SMILES string of the molecule is Cc1c(-c2ccc(Cl)cc2)nc(N)c(C#N)c1-c1cccc(Cl)c1Cl. The molecule has 0 radical (unpaired) electrons. The fraction of sp³-hybridized carbons (Fsp3) is 0.0526. The molecule has 0 saturated carbocycles. The summed E-state index contributed by atoms with van der Waals surface area (Å²) in [6, 6.07) is 14.7. The van der Waals surface area contributed by atoms with Gasteiger partial charge in [0.05, 0.1) is 15.7 Å². The van der Waals surface area contributed by atoms with E-state index >= 15 is 0 Å². The van der Waals surface area contributed by atoms with Gasteiger partial charge in [0.1, 0.15) is 17.5 Å². The van der Waals surface area contributed by atoms with Crippen LogP contribution in [-0.2, 0) is 0 Å². The molecule has 0 unspecified atom stereocenters. The van der Waals surface area contributed by atoms with Crippen LogP contribution < -0.4 is 5.73 Å². The van der Waals surface area contributed by atoms with E-state index in [-0.39, 0.29) is 11.4 Å². The Bertz CT molecular complexity index is 1010. The van der Waals surface area contributed by atoms with Crippen molar-refractivity contribution in [3.05, 3.63) is 68.7 Å². The van der Waals surface area contributed by atoms with E-state index in [0.29, 0.717) is 31.9 Å². The number of hydrogen-bond acceptors (Lipinski definition) is 3. The summed E-state index contributed by atoms with van der Waals surface area (Å²) in [5, 5.41) is 11.0. The van der Waals surface area contributed by atoms with Crippen molar-refractivity contribution in [1.82, 2.24) is 4.98 Å². The molecule has 3 nitrogen and oxygen atoms in total. The first-order chi connectivity index (χ1) is 11.9. The minimum atomic E-state index is 0.143. The molecule has 1 aromatic heterocycles. The highest BCUT2D eigenvalue weighted by atomic mass is 35.5. The van der Waals surface area contributed by atoms with Crippen molar-refractivity contribution in [2.45, 2.75) is 6.92 Å². The molecule has 0 atom stereocenters. The minimum absolute atomic E-state index is 0.143. The van der Waals surface area contributed by atoms with Gasteiger partial charge in [0.25, 0.3) is 0 Å². The number of rotatable bonds is 2. The van der Waals surface area contributed by atoms with Crippen LogP contribution in [-0.4, -0.2) is 4.98 Å². The lowest BCUT2D eigenvalue weighted by atomic mass is 9.93. The third-order valence-corrected chi connectivity index (χ3v) is 4.99. The van der Waals surface area contributed by atoms with E-state index in [1.54, 1.807) is 24.3 Å². The summed E-state index contributed by atoms with van der Waals surface area (Å²) in [6.45, 7) is 1.88. The Balaban J connectivity index is 2.36. The minimum Gasteiger partial charge on any atom is -0.383 e. The van der Waals surface area contributed by atoms with Gasteiger partial charge in [-0.05, 0) is 30.7 Å². The molecular weight excluding hydrogens is 377 g/mol. The van der Waals surface area contributed by atoms with Crippen molar-refractivity contribution in [2.75, 3.05) is 5.73 Å². The maximum Gasteiger partial charge on any atom is 0.142 e. The van der Waals surface area contributed by atoms with Crippen molar-refractivity contribution in [2.24, 2.45) is 0 Å². The molecule has 0 fully saturated rings. The molecule has 3 rings (SSSR count). The molecule has 3 aromatic rings. The molecule has 0 aliphatic heterocycles. The van der Waals surface area contributed by atoms with Gasteiger partial charge < -0.3 is 5.73 Å². The maximum atomic E-state index is 9.58. The average molecular weight is 389 g/mol. The van der Waals surface area contributed by atoms with Gasteiger partial charge in [-0.15, -0.1) is 0 Å². The zero-order valence-corrected chi connectivity index (χ0v) is 15.4. The van der Waals surface area contributed by atoms with Gasteiger partial charge in [-0.2, -0.15) is 5.26 Å². The van der Waals surface area contributed by atoms with E-state index in [2.05, 4.69) is 11.1 Å². The largest absolute Gasteiger partial charge is 0.383 e. The molecule has 124 valence electrons. The predicted octanol–water partition coefficient (Wildman–Crippen LogP) is 6.14. The molecular formula is C19H12Cl3N3. The molecule has 0 amide bonds. The molecule has 0 aliphatic carbocycles. The van der Waals surface area contributed by atoms with E-state index in [0.717, 1.165) is 11.1 Å². The molecule has 0 saturated heterocycles. The molecule has 0 bridgehead atoms. The molecule has 2 N–H and O–H groups in total. The van der Waals surface area contributed by atoms with Crippen LogP contribution in [0.4, 0.5) is 5.82 Å². The Morgan fingerprint density at radius 2 is 1.72 bits per heavy atom. The molecule has 25 heavy (non-hydrogen) atoms. The molecule has 0 spiro atoms. The van der Waals surface area contributed by atoms with Crippen LogP contribution in [0.3, 0.4) is 0 Å². The number of anilines is 1. The molecule has 2 aromatic carbocycles. The van der Waals surface area contributed by atoms with Gasteiger partial charge in [0, 0.05) is 21.7 Å². The van der Waals surface area contributed by atoms with Crippen LogP contribution in [0.2, 0.25) is 15.1 Å². The van der Waals surface area contributed by atoms with Crippen molar-refractivity contribution in [3.63, 3.8) is 0 Å². The Hall–Kier alpha value is -2.25. The molecule has 6 heteroatoms. The van der Waals surface area contributed by atoms with Gasteiger partial charge in [0.15, 0.2) is 0 Å². The second-order valence-electron chi connectivity index (χ2n) is 5.44. The number of pyridine rings is 1. The summed E-state index contributed by atoms with van der Waals surface area (Å²) in [7, 11) is 0. The van der Waals surface area contributed by atoms with Gasteiger partial charge in [-0.1, -0.05) is 59.1 Å². The first-order valence-corrected chi connectivity index (χ1v) is 8.48. The van der Waals surface area contributed by atoms with Crippen molar-refractivity contribution >= 4 is 40.6 Å². The van der Waals surface area contributed by atoms with Crippen LogP contribution >= 0.6 is 34.8 Å². The normalized spacial score (nSPS) is 10.5. The number of nitrogens with zero attached hydrogens (tertiary/aromatic N) is 2. The summed E-state index contributed by atoms with van der Waals surface area (Å²) < 4.78 is 0. The van der Waals surface area contributed by atoms with Crippen LogP contribution in [0, 0.1) is 18.3 Å². The lowest BCUT2D eigenvalue weighted by Crippen LogP contribution is -2.03. The summed E-state index contributed by atoms with van der Waals surface area (Å²) in [5.74, 6) is 0.143. The Labute approximate surface area is 160 Å². The fourth-order valence-corrected chi connectivity index (χ4v) is 3.25. The lowest BCUT2D eigenvalue weighted by molar-refractivity contribution is 1.26. The summed E-state index contributed by atoms with van der Waals surface area (Å²) >= 11 is 18.5. The number of halogens is 3. The third kappa shape index (κ3) is 3.17. The van der Waals surface area contributed by atoms with E-state index < -0.39 is 0 Å². The number of aromatic nitrogens is 1. The number of nitriles is 1. The molecule has 1 heterocycles. The second-order valence-corrected chi connectivity index (χ2v) is 6.66. The summed E-state index contributed by atoms with van der Waals surface area (Å²) in [4.78, 5) is 4.42. The van der Waals surface area contributed by atoms with Gasteiger partial charge in [-0.25, -0.2) is 4.98 Å². The highest BCUT2D eigenvalue weighted by Crippen LogP contribution is 2.41. The third-order valence-electron chi connectivity index (χ3n) is 3.92. The highest BCUT2D eigenvalue weighted by Gasteiger charge is 2.20. The van der Waals surface area contributed by atoms with Crippen molar-refractivity contribution in [1.29, 1.82) is 5.26 Å². The van der Waals surface area contributed by atoms with Crippen LogP contribution in [0.15, 0.2) is 42.5 Å². The predicted molar refractivity (Wildman–Crippen MR) is 104 cm³/mol.